The second-order valence-electron chi connectivity index (χ2n) is 5.94. The third-order valence-corrected chi connectivity index (χ3v) is 5.88. The Balaban J connectivity index is 1.78. The molecule has 0 saturated carbocycles. The number of carbonyl (C=O) groups excluding carboxylic acids is 1. The van der Waals surface area contributed by atoms with Gasteiger partial charge in [-0.2, -0.15) is 9.29 Å². The van der Waals surface area contributed by atoms with Gasteiger partial charge >= 0.3 is 0 Å². The van der Waals surface area contributed by atoms with Crippen LogP contribution in [0.2, 0.25) is 0 Å². The van der Waals surface area contributed by atoms with Crippen LogP contribution in [0.3, 0.4) is 0 Å². The van der Waals surface area contributed by atoms with E-state index in [1.54, 1.807) is 26.1 Å². The molecule has 140 valence electrons. The number of amides is 1. The highest BCUT2D eigenvalue weighted by Crippen LogP contribution is 2.19. The molecule has 1 aliphatic heterocycles. The van der Waals surface area contributed by atoms with E-state index in [0.717, 1.165) is 0 Å². The molecule has 0 radical (unpaired) electrons. The van der Waals surface area contributed by atoms with Crippen LogP contribution in [0.5, 0.6) is 0 Å². The molecule has 0 unspecified atom stereocenters. The highest BCUT2D eigenvalue weighted by molar-refractivity contribution is 7.89. The van der Waals surface area contributed by atoms with Crippen LogP contribution in [0, 0.1) is 6.92 Å². The molecule has 2 heterocycles. The van der Waals surface area contributed by atoms with Crippen LogP contribution < -0.4 is 0 Å². The number of morpholine rings is 1. The van der Waals surface area contributed by atoms with Crippen molar-refractivity contribution in [2.24, 2.45) is 0 Å². The second kappa shape index (κ2) is 7.52. The zero-order valence-electron chi connectivity index (χ0n) is 14.6. The lowest BCUT2D eigenvalue weighted by molar-refractivity contribution is 0.0730. The van der Waals surface area contributed by atoms with Gasteiger partial charge in [0, 0.05) is 32.6 Å². The number of carbonyl (C=O) groups is 1. The molecule has 9 nitrogen and oxygen atoms in total. The number of benzene rings is 1. The molecule has 0 atom stereocenters. The van der Waals surface area contributed by atoms with Gasteiger partial charge in [-0.05, 0) is 18.2 Å². The van der Waals surface area contributed by atoms with Gasteiger partial charge in [0.15, 0.2) is 5.82 Å². The van der Waals surface area contributed by atoms with Crippen molar-refractivity contribution in [3.63, 3.8) is 0 Å². The number of rotatable bonds is 5. The summed E-state index contributed by atoms with van der Waals surface area (Å²) in [6, 6.07) is 6.03. The summed E-state index contributed by atoms with van der Waals surface area (Å²) in [7, 11) is -2.06. The smallest absolute Gasteiger partial charge is 0.254 e. The van der Waals surface area contributed by atoms with Gasteiger partial charge in [0.2, 0.25) is 15.9 Å². The molecule has 0 aliphatic carbocycles. The average molecular weight is 380 g/mol. The SMILES string of the molecule is Cc1nc(CN(C)C(=O)c2cccc(S(=O)(=O)N3CCOCC3)c2)no1. The number of hydrogen-bond acceptors (Lipinski definition) is 7. The first-order valence-corrected chi connectivity index (χ1v) is 9.54. The monoisotopic (exact) mass is 380 g/mol. The minimum Gasteiger partial charge on any atom is -0.379 e. The maximum absolute atomic E-state index is 12.7. The third-order valence-electron chi connectivity index (χ3n) is 3.98. The van der Waals surface area contributed by atoms with Crippen molar-refractivity contribution in [1.29, 1.82) is 0 Å². The van der Waals surface area contributed by atoms with E-state index in [4.69, 9.17) is 9.26 Å². The molecule has 26 heavy (non-hydrogen) atoms. The highest BCUT2D eigenvalue weighted by Gasteiger charge is 2.27. The summed E-state index contributed by atoms with van der Waals surface area (Å²) in [6.07, 6.45) is 0. The molecule has 2 aromatic rings. The molecule has 3 rings (SSSR count). The lowest BCUT2D eigenvalue weighted by atomic mass is 10.2. The molecular formula is C16H20N4O5S. The van der Waals surface area contributed by atoms with E-state index in [0.29, 0.717) is 38.0 Å². The Morgan fingerprint density at radius 3 is 2.69 bits per heavy atom. The number of hydrogen-bond donors (Lipinski definition) is 0. The van der Waals surface area contributed by atoms with Gasteiger partial charge in [0.05, 0.1) is 24.7 Å². The number of aryl methyl sites for hydroxylation is 1. The van der Waals surface area contributed by atoms with E-state index < -0.39 is 10.0 Å². The van der Waals surface area contributed by atoms with Gasteiger partial charge < -0.3 is 14.2 Å². The zero-order chi connectivity index (χ0) is 18.7. The van der Waals surface area contributed by atoms with Crippen molar-refractivity contribution in [3.8, 4) is 0 Å². The highest BCUT2D eigenvalue weighted by atomic mass is 32.2. The molecule has 10 heteroatoms. The summed E-state index contributed by atoms with van der Waals surface area (Å²) in [4.78, 5) is 18.2. The van der Waals surface area contributed by atoms with Gasteiger partial charge in [0.1, 0.15) is 0 Å². The molecule has 1 amide bonds. The van der Waals surface area contributed by atoms with Crippen molar-refractivity contribution in [2.45, 2.75) is 18.4 Å². The molecule has 1 aliphatic rings. The average Bonchev–Trinajstić information content (AvgIpc) is 3.06. The second-order valence-corrected chi connectivity index (χ2v) is 7.87. The summed E-state index contributed by atoms with van der Waals surface area (Å²) in [5.74, 6) is 0.473. The minimum absolute atomic E-state index is 0.0917. The quantitative estimate of drug-likeness (QED) is 0.750. The van der Waals surface area contributed by atoms with Gasteiger partial charge in [-0.1, -0.05) is 11.2 Å². The van der Waals surface area contributed by atoms with Crippen LogP contribution in [0.25, 0.3) is 0 Å². The molecule has 0 N–H and O–H groups in total. The Labute approximate surface area is 151 Å². The van der Waals surface area contributed by atoms with Crippen molar-refractivity contribution in [1.82, 2.24) is 19.3 Å². The first-order valence-electron chi connectivity index (χ1n) is 8.10. The Kier molecular flexibility index (Phi) is 5.35. The largest absolute Gasteiger partial charge is 0.379 e. The molecule has 1 aromatic heterocycles. The van der Waals surface area contributed by atoms with E-state index in [2.05, 4.69) is 10.1 Å². The Hall–Kier alpha value is -2.30. The van der Waals surface area contributed by atoms with Gasteiger partial charge in [0.25, 0.3) is 5.91 Å². The number of aromatic nitrogens is 2. The van der Waals surface area contributed by atoms with Crippen molar-refractivity contribution >= 4 is 15.9 Å². The summed E-state index contributed by atoms with van der Waals surface area (Å²) in [5.41, 5.74) is 0.280. The fourth-order valence-electron chi connectivity index (χ4n) is 2.64. The van der Waals surface area contributed by atoms with Crippen LogP contribution in [0.1, 0.15) is 22.1 Å². The molecular weight excluding hydrogens is 360 g/mol. The minimum atomic E-state index is -3.66. The molecule has 0 bridgehead atoms. The third kappa shape index (κ3) is 3.92. The predicted octanol–water partition coefficient (Wildman–Crippen LogP) is 0.671. The van der Waals surface area contributed by atoms with Gasteiger partial charge in [-0.15, -0.1) is 0 Å². The number of ether oxygens (including phenoxy) is 1. The first kappa shape index (κ1) is 18.5. The van der Waals surface area contributed by atoms with Crippen molar-refractivity contribution in [3.05, 3.63) is 41.5 Å². The fraction of sp³-hybridized carbons (Fsp3) is 0.438. The molecule has 1 fully saturated rings. The molecule has 1 saturated heterocycles. The van der Waals surface area contributed by atoms with Crippen LogP contribution in [-0.4, -0.2) is 67.0 Å². The number of sulfonamides is 1. The van der Waals surface area contributed by atoms with Crippen LogP contribution in [0.15, 0.2) is 33.7 Å². The summed E-state index contributed by atoms with van der Waals surface area (Å²) < 4.78 is 36.9. The van der Waals surface area contributed by atoms with E-state index in [-0.39, 0.29) is 22.9 Å². The van der Waals surface area contributed by atoms with Gasteiger partial charge in [-0.25, -0.2) is 8.42 Å². The molecule has 1 aromatic carbocycles. The van der Waals surface area contributed by atoms with Crippen LogP contribution in [-0.2, 0) is 21.3 Å². The van der Waals surface area contributed by atoms with Crippen molar-refractivity contribution in [2.75, 3.05) is 33.4 Å². The first-order chi connectivity index (χ1) is 12.4. The van der Waals surface area contributed by atoms with E-state index >= 15 is 0 Å². The molecule has 0 spiro atoms. The normalized spacial score (nSPS) is 15.8. The zero-order valence-corrected chi connectivity index (χ0v) is 15.4. The van der Waals surface area contributed by atoms with E-state index in [1.165, 1.54) is 21.3 Å². The van der Waals surface area contributed by atoms with E-state index in [9.17, 15) is 13.2 Å². The summed E-state index contributed by atoms with van der Waals surface area (Å²) >= 11 is 0. The van der Waals surface area contributed by atoms with E-state index in [1.807, 2.05) is 0 Å². The maximum atomic E-state index is 12.7. The predicted molar refractivity (Wildman–Crippen MR) is 90.9 cm³/mol. The Morgan fingerprint density at radius 1 is 1.31 bits per heavy atom. The topological polar surface area (TPSA) is 106 Å². The number of nitrogens with zero attached hydrogens (tertiary/aromatic N) is 4. The summed E-state index contributed by atoms with van der Waals surface area (Å²) in [5, 5.41) is 3.76. The Morgan fingerprint density at radius 2 is 2.04 bits per heavy atom. The summed E-state index contributed by atoms with van der Waals surface area (Å²) in [6.45, 7) is 3.17. The fourth-order valence-corrected chi connectivity index (χ4v) is 4.09. The Bertz CT molecular complexity index is 890. The van der Waals surface area contributed by atoms with Gasteiger partial charge in [-0.3, -0.25) is 4.79 Å². The maximum Gasteiger partial charge on any atom is 0.254 e. The van der Waals surface area contributed by atoms with Crippen LogP contribution >= 0.6 is 0 Å². The lowest BCUT2D eigenvalue weighted by Crippen LogP contribution is -2.40. The standard InChI is InChI=1S/C16H20N4O5S/c1-12-17-15(18-25-12)11-19(2)16(21)13-4-3-5-14(10-13)26(22,23)20-6-8-24-9-7-20/h3-5,10H,6-9,11H2,1-2H3. The van der Waals surface area contributed by atoms with Crippen molar-refractivity contribution < 1.29 is 22.5 Å². The lowest BCUT2D eigenvalue weighted by Gasteiger charge is -2.26. The van der Waals surface area contributed by atoms with Crippen LogP contribution in [0.4, 0.5) is 0 Å².